The van der Waals surface area contributed by atoms with E-state index in [1.54, 1.807) is 30.3 Å². The Morgan fingerprint density at radius 3 is 2.46 bits per heavy atom. The number of amides is 2. The van der Waals surface area contributed by atoms with E-state index >= 15 is 0 Å². The number of halogens is 1. The summed E-state index contributed by atoms with van der Waals surface area (Å²) in [5.74, 6) is -0.187. The van der Waals surface area contributed by atoms with E-state index in [2.05, 4.69) is 26.6 Å². The molecular weight excluding hydrogens is 510 g/mol. The molecule has 0 fully saturated rings. The van der Waals surface area contributed by atoms with Gasteiger partial charge < -0.3 is 20.1 Å². The van der Waals surface area contributed by atoms with E-state index < -0.39 is 5.91 Å². The van der Waals surface area contributed by atoms with Crippen LogP contribution in [-0.2, 0) is 9.59 Å². The van der Waals surface area contributed by atoms with Gasteiger partial charge in [0.2, 0.25) is 0 Å². The van der Waals surface area contributed by atoms with Crippen LogP contribution in [0, 0.1) is 25.2 Å². The summed E-state index contributed by atoms with van der Waals surface area (Å²) < 4.78 is 11.6. The summed E-state index contributed by atoms with van der Waals surface area (Å²) in [6.07, 6.45) is 1.46. The Morgan fingerprint density at radius 2 is 1.80 bits per heavy atom. The molecule has 7 nitrogen and oxygen atoms in total. The smallest absolute Gasteiger partial charge is 0.266 e. The van der Waals surface area contributed by atoms with Gasteiger partial charge in [0, 0.05) is 11.4 Å². The van der Waals surface area contributed by atoms with Gasteiger partial charge in [0.1, 0.15) is 11.6 Å². The molecule has 0 aliphatic rings. The quantitative estimate of drug-likeness (QED) is 0.288. The lowest BCUT2D eigenvalue weighted by Crippen LogP contribution is -2.20. The molecule has 3 rings (SSSR count). The summed E-state index contributed by atoms with van der Waals surface area (Å²) >= 11 is 3.43. The predicted molar refractivity (Wildman–Crippen MR) is 139 cm³/mol. The summed E-state index contributed by atoms with van der Waals surface area (Å²) in [6, 6.07) is 19.9. The summed E-state index contributed by atoms with van der Waals surface area (Å²) in [7, 11) is 1.46. The number of nitrogens with one attached hydrogen (secondary N) is 2. The Balaban J connectivity index is 1.75. The third kappa shape index (κ3) is 6.95. The second-order valence-corrected chi connectivity index (χ2v) is 8.53. The van der Waals surface area contributed by atoms with Gasteiger partial charge in [-0.3, -0.25) is 9.59 Å². The van der Waals surface area contributed by atoms with Crippen LogP contribution in [0.2, 0.25) is 0 Å². The zero-order chi connectivity index (χ0) is 25.4. The number of carbonyl (C=O) groups excluding carboxylic acids is 2. The van der Waals surface area contributed by atoms with Crippen molar-refractivity contribution in [1.29, 1.82) is 5.26 Å². The number of anilines is 2. The Bertz CT molecular complexity index is 1310. The van der Waals surface area contributed by atoms with Crippen LogP contribution in [0.1, 0.15) is 16.7 Å². The topological polar surface area (TPSA) is 100 Å². The van der Waals surface area contributed by atoms with Crippen molar-refractivity contribution in [2.75, 3.05) is 24.4 Å². The molecule has 0 bridgehead atoms. The molecule has 0 radical (unpaired) electrons. The van der Waals surface area contributed by atoms with Crippen molar-refractivity contribution < 1.29 is 19.1 Å². The van der Waals surface area contributed by atoms with Crippen LogP contribution in [0.25, 0.3) is 6.08 Å². The Hall–Kier alpha value is -4.09. The van der Waals surface area contributed by atoms with Gasteiger partial charge in [0.15, 0.2) is 18.1 Å². The fourth-order valence-corrected chi connectivity index (χ4v) is 3.85. The second-order valence-electron chi connectivity index (χ2n) is 7.68. The fraction of sp³-hybridized carbons (Fsp3) is 0.148. The first-order chi connectivity index (χ1) is 16.8. The van der Waals surface area contributed by atoms with Gasteiger partial charge in [0.05, 0.1) is 11.6 Å². The molecule has 0 aliphatic carbocycles. The summed E-state index contributed by atoms with van der Waals surface area (Å²) in [5.41, 5.74) is 3.75. The van der Waals surface area contributed by atoms with E-state index in [0.29, 0.717) is 32.9 Å². The molecule has 8 heteroatoms. The van der Waals surface area contributed by atoms with E-state index in [-0.39, 0.29) is 18.1 Å². The summed E-state index contributed by atoms with van der Waals surface area (Å²) in [4.78, 5) is 24.9. The van der Waals surface area contributed by atoms with Gasteiger partial charge in [-0.25, -0.2) is 0 Å². The maximum Gasteiger partial charge on any atom is 0.266 e. The lowest BCUT2D eigenvalue weighted by Gasteiger charge is -2.14. The molecule has 178 valence electrons. The average Bonchev–Trinajstić information content (AvgIpc) is 2.83. The first-order valence-corrected chi connectivity index (χ1v) is 11.5. The number of rotatable bonds is 8. The molecule has 0 unspecified atom stereocenters. The number of para-hydroxylation sites is 1. The third-order valence-corrected chi connectivity index (χ3v) is 5.55. The predicted octanol–water partition coefficient (Wildman–Crippen LogP) is 5.64. The van der Waals surface area contributed by atoms with Gasteiger partial charge in [-0.05, 0) is 77.3 Å². The van der Waals surface area contributed by atoms with Crippen molar-refractivity contribution in [3.8, 4) is 17.6 Å². The van der Waals surface area contributed by atoms with E-state index in [0.717, 1.165) is 11.1 Å². The molecule has 0 heterocycles. The third-order valence-electron chi connectivity index (χ3n) is 4.96. The molecule has 35 heavy (non-hydrogen) atoms. The molecule has 3 aromatic rings. The van der Waals surface area contributed by atoms with Crippen LogP contribution in [0.3, 0.4) is 0 Å². The minimum absolute atomic E-state index is 0.0742. The van der Waals surface area contributed by atoms with Gasteiger partial charge in [-0.15, -0.1) is 0 Å². The fourth-order valence-electron chi connectivity index (χ4n) is 3.28. The van der Waals surface area contributed by atoms with E-state index in [4.69, 9.17) is 9.47 Å². The number of nitrogens with zero attached hydrogens (tertiary/aromatic N) is 1. The lowest BCUT2D eigenvalue weighted by atomic mass is 10.1. The SMILES string of the molecule is COc1cc(/C=C(\C#N)C(=O)Nc2ccc(C)cc2C)cc(Br)c1OCC(=O)Nc1ccccc1. The highest BCUT2D eigenvalue weighted by atomic mass is 79.9. The molecule has 3 aromatic carbocycles. The van der Waals surface area contributed by atoms with E-state index in [1.807, 2.05) is 50.2 Å². The van der Waals surface area contributed by atoms with Crippen LogP contribution in [0.5, 0.6) is 11.5 Å². The van der Waals surface area contributed by atoms with Crippen molar-refractivity contribution in [3.05, 3.63) is 87.4 Å². The first kappa shape index (κ1) is 25.5. The normalized spacial score (nSPS) is 10.8. The van der Waals surface area contributed by atoms with Crippen LogP contribution >= 0.6 is 15.9 Å². The number of hydrogen-bond donors (Lipinski definition) is 2. The van der Waals surface area contributed by atoms with Crippen LogP contribution in [-0.4, -0.2) is 25.5 Å². The number of benzene rings is 3. The standard InChI is InChI=1S/C27H24BrN3O4/c1-17-9-10-23(18(2)11-17)31-27(33)20(15-29)12-19-13-22(28)26(24(14-19)34-3)35-16-25(32)30-21-7-5-4-6-8-21/h4-14H,16H2,1-3H3,(H,30,32)(H,31,33)/b20-12+. The molecule has 0 atom stereocenters. The number of aryl methyl sites for hydroxylation is 2. The second kappa shape index (κ2) is 11.9. The van der Waals surface area contributed by atoms with Crippen LogP contribution < -0.4 is 20.1 Å². The largest absolute Gasteiger partial charge is 0.493 e. The number of carbonyl (C=O) groups is 2. The molecular formula is C27H24BrN3O4. The molecule has 2 amide bonds. The highest BCUT2D eigenvalue weighted by molar-refractivity contribution is 9.10. The maximum absolute atomic E-state index is 12.7. The first-order valence-electron chi connectivity index (χ1n) is 10.7. The van der Waals surface area contributed by atoms with Crippen molar-refractivity contribution in [2.24, 2.45) is 0 Å². The number of hydrogen-bond acceptors (Lipinski definition) is 5. The summed E-state index contributed by atoms with van der Waals surface area (Å²) in [5, 5.41) is 15.1. The van der Waals surface area contributed by atoms with Gasteiger partial charge in [0.25, 0.3) is 11.8 Å². The van der Waals surface area contributed by atoms with Crippen molar-refractivity contribution in [2.45, 2.75) is 13.8 Å². The van der Waals surface area contributed by atoms with Crippen molar-refractivity contribution in [3.63, 3.8) is 0 Å². The van der Waals surface area contributed by atoms with Crippen LogP contribution in [0.4, 0.5) is 11.4 Å². The van der Waals surface area contributed by atoms with Crippen molar-refractivity contribution >= 4 is 45.2 Å². The summed E-state index contributed by atoms with van der Waals surface area (Å²) in [6.45, 7) is 3.62. The van der Waals surface area contributed by atoms with Crippen LogP contribution in [0.15, 0.2) is 70.7 Å². The average molecular weight is 534 g/mol. The maximum atomic E-state index is 12.7. The van der Waals surface area contributed by atoms with Crippen molar-refractivity contribution in [1.82, 2.24) is 0 Å². The highest BCUT2D eigenvalue weighted by Crippen LogP contribution is 2.37. The lowest BCUT2D eigenvalue weighted by molar-refractivity contribution is -0.118. The molecule has 0 aromatic heterocycles. The Labute approximate surface area is 212 Å². The molecule has 0 aliphatic heterocycles. The molecule has 0 saturated carbocycles. The van der Waals surface area contributed by atoms with E-state index in [9.17, 15) is 14.9 Å². The number of ether oxygens (including phenoxy) is 2. The molecule has 0 spiro atoms. The van der Waals surface area contributed by atoms with E-state index in [1.165, 1.54) is 13.2 Å². The number of nitriles is 1. The molecule has 2 N–H and O–H groups in total. The zero-order valence-corrected chi connectivity index (χ0v) is 21.1. The monoisotopic (exact) mass is 533 g/mol. The highest BCUT2D eigenvalue weighted by Gasteiger charge is 2.16. The minimum Gasteiger partial charge on any atom is -0.493 e. The molecule has 0 saturated heterocycles. The number of methoxy groups -OCH3 is 1. The van der Waals surface area contributed by atoms with Gasteiger partial charge in [-0.1, -0.05) is 35.9 Å². The Morgan fingerprint density at radius 1 is 1.06 bits per heavy atom. The van der Waals surface area contributed by atoms with Gasteiger partial charge in [-0.2, -0.15) is 5.26 Å². The minimum atomic E-state index is -0.521. The van der Waals surface area contributed by atoms with Gasteiger partial charge >= 0.3 is 0 Å². The zero-order valence-electron chi connectivity index (χ0n) is 19.5. The Kier molecular flexibility index (Phi) is 8.65.